The Hall–Kier alpha value is -2.66. The molecular weight excluding hydrogens is 366 g/mol. The highest BCUT2D eigenvalue weighted by Crippen LogP contribution is 2.24. The minimum Gasteiger partial charge on any atom is -0.496 e. The molecule has 0 N–H and O–H groups in total. The quantitative estimate of drug-likeness (QED) is 0.735. The van der Waals surface area contributed by atoms with Gasteiger partial charge in [-0.2, -0.15) is 0 Å². The Morgan fingerprint density at radius 1 is 1.07 bits per heavy atom. The third kappa shape index (κ3) is 4.19. The predicted molar refractivity (Wildman–Crippen MR) is 102 cm³/mol. The number of methoxy groups -OCH3 is 1. The molecule has 1 aliphatic heterocycles. The van der Waals surface area contributed by atoms with E-state index in [1.807, 2.05) is 0 Å². The maximum atomic E-state index is 13.0. The Bertz CT molecular complexity index is 894. The van der Waals surface area contributed by atoms with E-state index >= 15 is 0 Å². The first-order valence-electron chi connectivity index (χ1n) is 8.80. The Kier molecular flexibility index (Phi) is 5.91. The highest BCUT2D eigenvalue weighted by molar-refractivity contribution is 6.30. The molecule has 0 bridgehead atoms. The lowest BCUT2D eigenvalue weighted by Crippen LogP contribution is -2.38. The number of ether oxygens (including phenoxy) is 1. The van der Waals surface area contributed by atoms with Gasteiger partial charge in [-0.1, -0.05) is 23.7 Å². The summed E-state index contributed by atoms with van der Waals surface area (Å²) in [5.41, 5.74) is 1.68. The predicted octanol–water partition coefficient (Wildman–Crippen LogP) is 3.93. The van der Waals surface area contributed by atoms with Crippen LogP contribution < -0.4 is 4.74 Å². The van der Waals surface area contributed by atoms with Gasteiger partial charge < -0.3 is 4.74 Å². The number of carbonyl (C=O) groups excluding carboxylic acids is 3. The summed E-state index contributed by atoms with van der Waals surface area (Å²) in [5, 5.41) is 0.521. The van der Waals surface area contributed by atoms with Crippen LogP contribution in [0, 0.1) is 0 Å². The molecule has 6 heteroatoms. The molecule has 0 fully saturated rings. The summed E-state index contributed by atoms with van der Waals surface area (Å²) in [4.78, 5) is 39.5. The number of hydrogen-bond donors (Lipinski definition) is 0. The lowest BCUT2D eigenvalue weighted by molar-refractivity contribution is -0.128. The summed E-state index contributed by atoms with van der Waals surface area (Å²) in [6.07, 6.45) is 1.16. The molecule has 0 saturated carbocycles. The number of hydrogen-bond acceptors (Lipinski definition) is 4. The molecule has 0 saturated heterocycles. The normalized spacial score (nSPS) is 15.3. The van der Waals surface area contributed by atoms with Crippen LogP contribution in [0.3, 0.4) is 0 Å². The Morgan fingerprint density at radius 2 is 1.85 bits per heavy atom. The maximum absolute atomic E-state index is 13.0. The van der Waals surface area contributed by atoms with E-state index in [1.54, 1.807) is 42.5 Å². The van der Waals surface area contributed by atoms with E-state index in [4.69, 9.17) is 16.3 Å². The molecule has 0 radical (unpaired) electrons. The molecule has 0 atom stereocenters. The number of para-hydroxylation sites is 1. The second-order valence-electron chi connectivity index (χ2n) is 6.38. The number of fused-ring (bicyclic) bond motifs is 1. The smallest absolute Gasteiger partial charge is 0.264 e. The summed E-state index contributed by atoms with van der Waals surface area (Å²) < 4.78 is 5.24. The van der Waals surface area contributed by atoms with Gasteiger partial charge in [-0.05, 0) is 48.7 Å². The van der Waals surface area contributed by atoms with E-state index in [0.717, 1.165) is 5.56 Å². The van der Waals surface area contributed by atoms with Gasteiger partial charge in [0.05, 0.1) is 12.7 Å². The molecule has 27 heavy (non-hydrogen) atoms. The van der Waals surface area contributed by atoms with Gasteiger partial charge in [-0.3, -0.25) is 19.3 Å². The highest BCUT2D eigenvalue weighted by Gasteiger charge is 2.26. The molecule has 0 aliphatic carbocycles. The highest BCUT2D eigenvalue weighted by atomic mass is 35.5. The average molecular weight is 386 g/mol. The minimum atomic E-state index is -0.406. The molecule has 140 valence electrons. The van der Waals surface area contributed by atoms with Crippen LogP contribution >= 0.6 is 11.6 Å². The zero-order valence-electron chi connectivity index (χ0n) is 15.0. The van der Waals surface area contributed by atoms with Crippen LogP contribution in [0.2, 0.25) is 5.02 Å². The number of rotatable bonds is 2. The van der Waals surface area contributed by atoms with Crippen molar-refractivity contribution in [1.82, 2.24) is 4.90 Å². The van der Waals surface area contributed by atoms with Gasteiger partial charge in [0.1, 0.15) is 5.75 Å². The molecule has 1 aliphatic rings. The third-order valence-corrected chi connectivity index (χ3v) is 4.88. The van der Waals surface area contributed by atoms with Crippen molar-refractivity contribution >= 4 is 29.2 Å². The van der Waals surface area contributed by atoms with Crippen molar-refractivity contribution in [3.05, 3.63) is 64.2 Å². The second-order valence-corrected chi connectivity index (χ2v) is 6.82. The molecule has 2 aromatic carbocycles. The topological polar surface area (TPSA) is 63.7 Å². The number of imide groups is 1. The number of Topliss-reactive ketones (excluding diaryl/α,β-unsaturated/α-hetero) is 1. The fraction of sp³-hybridized carbons (Fsp3) is 0.286. The van der Waals surface area contributed by atoms with Crippen molar-refractivity contribution in [3.8, 4) is 5.75 Å². The minimum absolute atomic E-state index is 0.000654. The van der Waals surface area contributed by atoms with Gasteiger partial charge >= 0.3 is 0 Å². The lowest BCUT2D eigenvalue weighted by atomic mass is 9.96. The van der Waals surface area contributed by atoms with Gasteiger partial charge in [0, 0.05) is 30.0 Å². The molecule has 0 aromatic heterocycles. The number of ketones is 1. The number of benzene rings is 2. The van der Waals surface area contributed by atoms with E-state index in [2.05, 4.69) is 0 Å². The fourth-order valence-corrected chi connectivity index (χ4v) is 3.45. The molecule has 0 spiro atoms. The molecule has 1 heterocycles. The monoisotopic (exact) mass is 385 g/mol. The Labute approximate surface area is 162 Å². The first-order chi connectivity index (χ1) is 13.0. The lowest BCUT2D eigenvalue weighted by Gasteiger charge is -2.23. The standard InChI is InChI=1S/C21H20ClNO4/c1-27-19-7-3-2-5-17(19)21(26)23-12-4-6-18(24)16-10-9-15(22)13-14(16)8-11-20(23)25/h2-3,5,7,9-10,13H,4,6,8,11-12H2,1H3. The fourth-order valence-electron chi connectivity index (χ4n) is 3.26. The van der Waals surface area contributed by atoms with Gasteiger partial charge in [0.2, 0.25) is 5.91 Å². The second kappa shape index (κ2) is 8.35. The number of aryl methyl sites for hydroxylation is 1. The summed E-state index contributed by atoms with van der Waals surface area (Å²) in [5.74, 6) is -0.260. The van der Waals surface area contributed by atoms with Gasteiger partial charge in [0.15, 0.2) is 5.78 Å². The first kappa shape index (κ1) is 19.1. The molecule has 0 unspecified atom stereocenters. The van der Waals surface area contributed by atoms with Crippen LogP contribution in [-0.4, -0.2) is 36.2 Å². The first-order valence-corrected chi connectivity index (χ1v) is 9.18. The average Bonchev–Trinajstić information content (AvgIpc) is 2.68. The van der Waals surface area contributed by atoms with Gasteiger partial charge in [0.25, 0.3) is 5.91 Å². The van der Waals surface area contributed by atoms with E-state index in [1.165, 1.54) is 12.0 Å². The van der Waals surface area contributed by atoms with Crippen LogP contribution in [-0.2, 0) is 11.2 Å². The molecule has 5 nitrogen and oxygen atoms in total. The van der Waals surface area contributed by atoms with Crippen LogP contribution in [0.5, 0.6) is 5.75 Å². The van der Waals surface area contributed by atoms with Crippen molar-refractivity contribution in [2.45, 2.75) is 25.7 Å². The van der Waals surface area contributed by atoms with Crippen LogP contribution in [0.1, 0.15) is 45.5 Å². The summed E-state index contributed by atoms with van der Waals surface area (Å²) >= 11 is 6.05. The third-order valence-electron chi connectivity index (χ3n) is 4.65. The zero-order chi connectivity index (χ0) is 19.4. The molecular formula is C21H20ClNO4. The van der Waals surface area contributed by atoms with E-state index in [0.29, 0.717) is 34.7 Å². The van der Waals surface area contributed by atoms with Crippen molar-refractivity contribution in [3.63, 3.8) is 0 Å². The maximum Gasteiger partial charge on any atom is 0.264 e. The van der Waals surface area contributed by atoms with Crippen LogP contribution in [0.15, 0.2) is 42.5 Å². The zero-order valence-corrected chi connectivity index (χ0v) is 15.8. The molecule has 2 aromatic rings. The van der Waals surface area contributed by atoms with Gasteiger partial charge in [-0.25, -0.2) is 0 Å². The molecule has 2 amide bonds. The largest absolute Gasteiger partial charge is 0.496 e. The van der Waals surface area contributed by atoms with E-state index in [-0.39, 0.29) is 31.1 Å². The van der Waals surface area contributed by atoms with Gasteiger partial charge in [-0.15, -0.1) is 0 Å². The summed E-state index contributed by atoms with van der Waals surface area (Å²) in [7, 11) is 1.48. The van der Waals surface area contributed by atoms with Crippen LogP contribution in [0.4, 0.5) is 0 Å². The van der Waals surface area contributed by atoms with E-state index in [9.17, 15) is 14.4 Å². The van der Waals surface area contributed by atoms with E-state index < -0.39 is 5.91 Å². The SMILES string of the molecule is COc1ccccc1C(=O)N1CCCC(=O)c2ccc(Cl)cc2CCC1=O. The summed E-state index contributed by atoms with van der Waals surface area (Å²) in [6, 6.07) is 11.9. The van der Waals surface area contributed by atoms with Crippen molar-refractivity contribution in [2.75, 3.05) is 13.7 Å². The number of amides is 2. The molecule has 3 rings (SSSR count). The Morgan fingerprint density at radius 3 is 2.63 bits per heavy atom. The summed E-state index contributed by atoms with van der Waals surface area (Å²) in [6.45, 7) is 0.199. The number of carbonyl (C=O) groups is 3. The van der Waals surface area contributed by atoms with Crippen LogP contribution in [0.25, 0.3) is 0 Å². The Balaban J connectivity index is 1.88. The number of halogens is 1. The number of nitrogens with zero attached hydrogens (tertiary/aromatic N) is 1. The van der Waals surface area contributed by atoms with Crippen molar-refractivity contribution < 1.29 is 19.1 Å². The van der Waals surface area contributed by atoms with Crippen molar-refractivity contribution in [2.24, 2.45) is 0 Å². The van der Waals surface area contributed by atoms with Crippen molar-refractivity contribution in [1.29, 1.82) is 0 Å².